The summed E-state index contributed by atoms with van der Waals surface area (Å²) in [4.78, 5) is 2.04. The summed E-state index contributed by atoms with van der Waals surface area (Å²) in [6.45, 7) is 0. The lowest BCUT2D eigenvalue weighted by Gasteiger charge is -2.19. The first-order valence-corrected chi connectivity index (χ1v) is 6.58. The van der Waals surface area contributed by atoms with Crippen LogP contribution in [0.5, 0.6) is 0 Å². The molecule has 106 valence electrons. The molecular weight excluding hydrogens is 253 g/mol. The van der Waals surface area contributed by atoms with E-state index in [0.29, 0.717) is 6.42 Å². The number of hydrogen-bond donors (Lipinski definition) is 2. The third-order valence-corrected chi connectivity index (χ3v) is 3.32. The van der Waals surface area contributed by atoms with E-state index in [1.54, 1.807) is 12.1 Å². The summed E-state index contributed by atoms with van der Waals surface area (Å²) in [5.41, 5.74) is 5.93. The summed E-state index contributed by atoms with van der Waals surface area (Å²) in [6.07, 6.45) is 0.644. The minimum Gasteiger partial charge on any atom is -0.378 e. The van der Waals surface area contributed by atoms with Crippen molar-refractivity contribution in [3.8, 4) is 0 Å². The zero-order valence-electron chi connectivity index (χ0n) is 11.8. The Labute approximate surface area is 119 Å². The first-order valence-electron chi connectivity index (χ1n) is 6.58. The third kappa shape index (κ3) is 3.56. The molecule has 0 fully saturated rings. The number of benzene rings is 2. The van der Waals surface area contributed by atoms with E-state index < -0.39 is 0 Å². The largest absolute Gasteiger partial charge is 0.378 e. The topological polar surface area (TPSA) is 41.3 Å². The van der Waals surface area contributed by atoms with Gasteiger partial charge in [-0.25, -0.2) is 4.39 Å². The van der Waals surface area contributed by atoms with Crippen LogP contribution in [0.15, 0.2) is 48.5 Å². The number of rotatable bonds is 5. The van der Waals surface area contributed by atoms with Crippen LogP contribution in [0.1, 0.15) is 17.2 Å². The van der Waals surface area contributed by atoms with Gasteiger partial charge in [0.05, 0.1) is 6.04 Å². The van der Waals surface area contributed by atoms with Crippen molar-refractivity contribution in [2.24, 2.45) is 5.84 Å². The lowest BCUT2D eigenvalue weighted by molar-refractivity contribution is 0.548. The quantitative estimate of drug-likeness (QED) is 0.650. The molecule has 4 heteroatoms. The molecule has 0 radical (unpaired) electrons. The van der Waals surface area contributed by atoms with Crippen LogP contribution in [-0.4, -0.2) is 14.1 Å². The van der Waals surface area contributed by atoms with Gasteiger partial charge in [0, 0.05) is 19.8 Å². The second kappa shape index (κ2) is 6.50. The molecule has 0 saturated carbocycles. The minimum absolute atomic E-state index is 0.0447. The molecule has 0 heterocycles. The van der Waals surface area contributed by atoms with Crippen molar-refractivity contribution in [1.29, 1.82) is 0 Å². The molecule has 0 amide bonds. The highest BCUT2D eigenvalue weighted by atomic mass is 19.1. The zero-order chi connectivity index (χ0) is 14.5. The van der Waals surface area contributed by atoms with Crippen LogP contribution in [0, 0.1) is 5.82 Å². The van der Waals surface area contributed by atoms with Gasteiger partial charge in [0.25, 0.3) is 0 Å². The second-order valence-electron chi connectivity index (χ2n) is 5.04. The smallest absolute Gasteiger partial charge is 0.123 e. The highest BCUT2D eigenvalue weighted by Gasteiger charge is 2.12. The lowest BCUT2D eigenvalue weighted by Crippen LogP contribution is -2.29. The van der Waals surface area contributed by atoms with E-state index in [1.807, 2.05) is 43.3 Å². The van der Waals surface area contributed by atoms with Crippen LogP contribution in [0.2, 0.25) is 0 Å². The second-order valence-corrected chi connectivity index (χ2v) is 5.04. The van der Waals surface area contributed by atoms with Crippen LogP contribution < -0.4 is 16.2 Å². The van der Waals surface area contributed by atoms with Gasteiger partial charge in [0.1, 0.15) is 5.82 Å². The minimum atomic E-state index is -0.222. The molecule has 0 saturated heterocycles. The third-order valence-electron chi connectivity index (χ3n) is 3.32. The lowest BCUT2D eigenvalue weighted by atomic mass is 9.99. The number of nitrogens with one attached hydrogen (secondary N) is 1. The molecule has 3 N–H and O–H groups in total. The normalized spacial score (nSPS) is 12.2. The van der Waals surface area contributed by atoms with Gasteiger partial charge in [0.15, 0.2) is 0 Å². The Hall–Kier alpha value is -1.91. The van der Waals surface area contributed by atoms with E-state index in [1.165, 1.54) is 6.07 Å². The van der Waals surface area contributed by atoms with Crippen LogP contribution in [0.25, 0.3) is 0 Å². The fourth-order valence-electron chi connectivity index (χ4n) is 2.19. The molecule has 20 heavy (non-hydrogen) atoms. The zero-order valence-corrected chi connectivity index (χ0v) is 11.8. The molecule has 0 aliphatic carbocycles. The van der Waals surface area contributed by atoms with Crippen LogP contribution in [-0.2, 0) is 6.42 Å². The van der Waals surface area contributed by atoms with E-state index in [9.17, 15) is 4.39 Å². The van der Waals surface area contributed by atoms with Crippen molar-refractivity contribution < 1.29 is 4.39 Å². The van der Waals surface area contributed by atoms with E-state index in [0.717, 1.165) is 16.8 Å². The average Bonchev–Trinajstić information content (AvgIpc) is 2.45. The number of nitrogens with zero attached hydrogens (tertiary/aromatic N) is 1. The molecule has 3 nitrogen and oxygen atoms in total. The van der Waals surface area contributed by atoms with E-state index in [-0.39, 0.29) is 11.9 Å². The molecule has 0 bridgehead atoms. The van der Waals surface area contributed by atoms with Gasteiger partial charge in [0.2, 0.25) is 0 Å². The summed E-state index contributed by atoms with van der Waals surface area (Å²) in [5, 5.41) is 0. The Morgan fingerprint density at radius 1 is 1.15 bits per heavy atom. The maximum absolute atomic E-state index is 13.2. The molecule has 2 aromatic carbocycles. The highest BCUT2D eigenvalue weighted by Crippen LogP contribution is 2.22. The van der Waals surface area contributed by atoms with Gasteiger partial charge in [-0.05, 0) is 41.8 Å². The molecular formula is C16H20FN3. The highest BCUT2D eigenvalue weighted by molar-refractivity contribution is 5.48. The Balaban J connectivity index is 2.22. The van der Waals surface area contributed by atoms with Crippen molar-refractivity contribution >= 4 is 5.69 Å². The number of anilines is 1. The first-order chi connectivity index (χ1) is 9.60. The fraction of sp³-hybridized carbons (Fsp3) is 0.250. The van der Waals surface area contributed by atoms with Gasteiger partial charge in [-0.3, -0.25) is 11.3 Å². The van der Waals surface area contributed by atoms with Gasteiger partial charge < -0.3 is 4.90 Å². The molecule has 0 aliphatic rings. The summed E-state index contributed by atoms with van der Waals surface area (Å²) in [5.74, 6) is 5.44. The molecule has 1 unspecified atom stereocenters. The Morgan fingerprint density at radius 3 is 2.55 bits per heavy atom. The number of halogens is 1. The fourth-order valence-corrected chi connectivity index (χ4v) is 2.19. The summed E-state index contributed by atoms with van der Waals surface area (Å²) in [6, 6.07) is 14.7. The summed E-state index contributed by atoms with van der Waals surface area (Å²) in [7, 11) is 3.99. The van der Waals surface area contributed by atoms with Crippen LogP contribution in [0.4, 0.5) is 10.1 Å². The molecule has 2 aromatic rings. The molecule has 0 spiro atoms. The van der Waals surface area contributed by atoms with Crippen molar-refractivity contribution in [2.45, 2.75) is 12.5 Å². The first kappa shape index (κ1) is 14.5. The van der Waals surface area contributed by atoms with Gasteiger partial charge >= 0.3 is 0 Å². The maximum Gasteiger partial charge on any atom is 0.123 e. The summed E-state index contributed by atoms with van der Waals surface area (Å²) < 4.78 is 13.2. The van der Waals surface area contributed by atoms with E-state index >= 15 is 0 Å². The molecule has 0 aromatic heterocycles. The molecule has 2 rings (SSSR count). The van der Waals surface area contributed by atoms with Crippen LogP contribution in [0.3, 0.4) is 0 Å². The van der Waals surface area contributed by atoms with Crippen molar-refractivity contribution in [1.82, 2.24) is 5.43 Å². The van der Waals surface area contributed by atoms with Gasteiger partial charge in [-0.15, -0.1) is 0 Å². The molecule has 1 atom stereocenters. The van der Waals surface area contributed by atoms with Gasteiger partial charge in [-0.2, -0.15) is 0 Å². The molecule has 0 aliphatic heterocycles. The Morgan fingerprint density at radius 2 is 1.90 bits per heavy atom. The SMILES string of the molecule is CN(C)c1cccc(C(Cc2cccc(F)c2)NN)c1. The Bertz CT molecular complexity index is 569. The Kier molecular flexibility index (Phi) is 4.71. The predicted octanol–water partition coefficient (Wildman–Crippen LogP) is 2.64. The van der Waals surface area contributed by atoms with Crippen LogP contribution >= 0.6 is 0 Å². The number of nitrogens with two attached hydrogens (primary N) is 1. The number of hydrazine groups is 1. The standard InChI is InChI=1S/C16H20FN3/c1-20(2)15-8-4-6-13(11-15)16(19-18)10-12-5-3-7-14(17)9-12/h3-9,11,16,19H,10,18H2,1-2H3. The monoisotopic (exact) mass is 273 g/mol. The van der Waals surface area contributed by atoms with E-state index in [2.05, 4.69) is 11.5 Å². The number of hydrogen-bond acceptors (Lipinski definition) is 3. The van der Waals surface area contributed by atoms with Crippen molar-refractivity contribution in [3.63, 3.8) is 0 Å². The van der Waals surface area contributed by atoms with Gasteiger partial charge in [-0.1, -0.05) is 24.3 Å². The average molecular weight is 273 g/mol. The predicted molar refractivity (Wildman–Crippen MR) is 80.9 cm³/mol. The van der Waals surface area contributed by atoms with Crippen molar-refractivity contribution in [3.05, 3.63) is 65.5 Å². The van der Waals surface area contributed by atoms with E-state index in [4.69, 9.17) is 5.84 Å². The van der Waals surface area contributed by atoms with Crippen molar-refractivity contribution in [2.75, 3.05) is 19.0 Å². The summed E-state index contributed by atoms with van der Waals surface area (Å²) >= 11 is 0. The maximum atomic E-state index is 13.2.